The second-order valence-corrected chi connectivity index (χ2v) is 23.1. The quantitative estimate of drug-likeness (QED) is 0.202. The van der Waals surface area contributed by atoms with Crippen LogP contribution in [-0.4, -0.2) is 62.5 Å². The molecule has 0 aromatic carbocycles. The molecular weight excluding hydrogens is 721 g/mol. The maximum atomic E-state index is 3.30. The molecule has 0 N–H and O–H groups in total. The van der Waals surface area contributed by atoms with Crippen molar-refractivity contribution in [1.82, 2.24) is 14.7 Å². The number of hydrogen-bond donors (Lipinski definition) is 0. The van der Waals surface area contributed by atoms with Crippen molar-refractivity contribution < 1.29 is 0 Å². The summed E-state index contributed by atoms with van der Waals surface area (Å²) in [6.45, 7) is 6.31. The summed E-state index contributed by atoms with van der Waals surface area (Å²) in [5, 5.41) is 0.602. The van der Waals surface area contributed by atoms with Gasteiger partial charge in [-0.1, -0.05) is 93.2 Å². The van der Waals surface area contributed by atoms with Gasteiger partial charge in [0.2, 0.25) is 0 Å². The summed E-state index contributed by atoms with van der Waals surface area (Å²) in [6.07, 6.45) is 58.5. The number of thioether (sulfide) groups is 1. The Morgan fingerprint density at radius 3 is 2.36 bits per heavy atom. The topological polar surface area (TPSA) is 9.72 Å². The molecule has 10 atom stereocenters. The zero-order valence-corrected chi connectivity index (χ0v) is 36.9. The first kappa shape index (κ1) is 37.6. The molecule has 2 saturated carbocycles. The molecule has 308 valence electrons. The zero-order valence-electron chi connectivity index (χ0n) is 36.1. The molecule has 0 bridgehead atoms. The fourth-order valence-electron chi connectivity index (χ4n) is 16.9. The van der Waals surface area contributed by atoms with Crippen molar-refractivity contribution in [3.05, 3.63) is 94.3 Å². The molecule has 3 nitrogen and oxygen atoms in total. The molecule has 0 radical (unpaired) electrons. The van der Waals surface area contributed by atoms with Gasteiger partial charge in [-0.2, -0.15) is 0 Å². The zero-order chi connectivity index (χ0) is 38.6. The van der Waals surface area contributed by atoms with E-state index in [1.807, 2.05) is 11.3 Å². The maximum Gasteiger partial charge on any atom is 0.169 e. The molecule has 0 aromatic heterocycles. The van der Waals surface area contributed by atoms with Crippen LogP contribution < -0.4 is 0 Å². The van der Waals surface area contributed by atoms with Crippen LogP contribution in [0.2, 0.25) is 17.5 Å². The number of hydrogen-bond acceptors (Lipinski definition) is 4. The minimum Gasteiger partial charge on any atom is -0.365 e. The van der Waals surface area contributed by atoms with E-state index in [0.717, 1.165) is 24.4 Å². The van der Waals surface area contributed by atoms with E-state index in [4.69, 9.17) is 0 Å². The molecule has 12 rings (SSSR count). The number of allylic oxidation sites excluding steroid dienone is 10. The molecule has 5 fully saturated rings. The number of fused-ring (bicyclic) bond motifs is 6. The summed E-state index contributed by atoms with van der Waals surface area (Å²) in [6, 6.07) is 2.92. The van der Waals surface area contributed by atoms with Gasteiger partial charge < -0.3 is 9.80 Å². The lowest BCUT2D eigenvalue weighted by atomic mass is 9.20. The Bertz CT molecular complexity index is 1880. The highest BCUT2D eigenvalue weighted by molar-refractivity contribution is 8.04. The third-order valence-corrected chi connectivity index (χ3v) is 20.7. The van der Waals surface area contributed by atoms with Crippen LogP contribution in [-0.2, 0) is 0 Å². The molecular formula is C53H72BN3S. The Hall–Kier alpha value is -2.11. The highest BCUT2D eigenvalue weighted by atomic mass is 32.2. The fourth-order valence-corrected chi connectivity index (χ4v) is 18.7. The predicted molar refractivity (Wildman–Crippen MR) is 246 cm³/mol. The number of nitrogens with zero attached hydrogens (tertiary/aromatic N) is 3. The third kappa shape index (κ3) is 5.61. The van der Waals surface area contributed by atoms with Crippen LogP contribution >= 0.6 is 11.8 Å². The van der Waals surface area contributed by atoms with Crippen molar-refractivity contribution in [3.63, 3.8) is 0 Å². The first-order valence-corrected chi connectivity index (χ1v) is 25.9. The molecule has 58 heavy (non-hydrogen) atoms. The molecule has 3 saturated heterocycles. The first-order valence-electron chi connectivity index (χ1n) is 25.0. The molecule has 8 aliphatic carbocycles. The van der Waals surface area contributed by atoms with Crippen molar-refractivity contribution in [2.24, 2.45) is 17.3 Å². The Morgan fingerprint density at radius 1 is 0.776 bits per heavy atom. The summed E-state index contributed by atoms with van der Waals surface area (Å²) in [5.41, 5.74) is 7.69. The SMILES string of the molecule is CC1(C)N2C3=CC(N(C4=CC=CCC4)C4CC=CCC4)CC4C3B(C3CC(C5CCCCC5)C=C(C32)C12CCCCC2)C1C2=C(CCC=C2)SC1N4C1CC=CCC1. The van der Waals surface area contributed by atoms with E-state index in [-0.39, 0.29) is 5.54 Å². The van der Waals surface area contributed by atoms with Crippen LogP contribution in [0.1, 0.15) is 155 Å². The second-order valence-electron chi connectivity index (χ2n) is 21.9. The van der Waals surface area contributed by atoms with E-state index < -0.39 is 0 Å². The summed E-state index contributed by atoms with van der Waals surface area (Å²) in [7, 11) is 0. The molecule has 0 aromatic rings. The van der Waals surface area contributed by atoms with Crippen molar-refractivity contribution in [2.45, 2.75) is 214 Å². The van der Waals surface area contributed by atoms with Gasteiger partial charge in [0.1, 0.15) is 0 Å². The Morgan fingerprint density at radius 2 is 1.59 bits per heavy atom. The van der Waals surface area contributed by atoms with Crippen molar-refractivity contribution >= 4 is 18.5 Å². The molecule has 10 unspecified atom stereocenters. The van der Waals surface area contributed by atoms with Crippen LogP contribution in [0.3, 0.4) is 0 Å². The maximum absolute atomic E-state index is 3.30. The summed E-state index contributed by atoms with van der Waals surface area (Å²) in [5.74, 6) is 3.76. The summed E-state index contributed by atoms with van der Waals surface area (Å²) >= 11 is 2.39. The van der Waals surface area contributed by atoms with Crippen LogP contribution in [0.5, 0.6) is 0 Å². The molecule has 12 aliphatic rings. The van der Waals surface area contributed by atoms with Crippen LogP contribution in [0.15, 0.2) is 94.3 Å². The molecule has 1 spiro atoms. The predicted octanol–water partition coefficient (Wildman–Crippen LogP) is 13.3. The Kier molecular flexibility index (Phi) is 9.59. The van der Waals surface area contributed by atoms with Crippen molar-refractivity contribution in [2.75, 3.05) is 0 Å². The largest absolute Gasteiger partial charge is 0.365 e. The van der Waals surface area contributed by atoms with E-state index in [0.29, 0.717) is 52.6 Å². The van der Waals surface area contributed by atoms with E-state index in [1.165, 1.54) is 141 Å². The minimum absolute atomic E-state index is 0.132. The highest BCUT2D eigenvalue weighted by Crippen LogP contribution is 2.73. The van der Waals surface area contributed by atoms with Gasteiger partial charge in [0.15, 0.2) is 6.71 Å². The van der Waals surface area contributed by atoms with Gasteiger partial charge in [-0.05, 0) is 174 Å². The van der Waals surface area contributed by atoms with Gasteiger partial charge in [0.25, 0.3) is 0 Å². The molecule has 5 heteroatoms. The average molecular weight is 794 g/mol. The Labute approximate surface area is 356 Å². The minimum atomic E-state index is 0.132. The molecule has 4 heterocycles. The summed E-state index contributed by atoms with van der Waals surface area (Å²) < 4.78 is 0. The monoisotopic (exact) mass is 794 g/mol. The second kappa shape index (κ2) is 14.8. The van der Waals surface area contributed by atoms with Crippen molar-refractivity contribution in [1.29, 1.82) is 0 Å². The van der Waals surface area contributed by atoms with E-state index >= 15 is 0 Å². The van der Waals surface area contributed by atoms with Gasteiger partial charge in [-0.3, -0.25) is 4.90 Å². The molecule has 0 amide bonds. The normalized spacial score (nSPS) is 41.1. The van der Waals surface area contributed by atoms with Crippen LogP contribution in [0.25, 0.3) is 0 Å². The lowest BCUT2D eigenvalue weighted by Gasteiger charge is -2.65. The lowest BCUT2D eigenvalue weighted by molar-refractivity contribution is 0.0186. The van der Waals surface area contributed by atoms with E-state index in [1.54, 1.807) is 16.2 Å². The van der Waals surface area contributed by atoms with Gasteiger partial charge in [0.05, 0.1) is 11.4 Å². The average Bonchev–Trinajstić information content (AvgIpc) is 3.74. The highest BCUT2D eigenvalue weighted by Gasteiger charge is 2.72. The van der Waals surface area contributed by atoms with Gasteiger partial charge in [0, 0.05) is 46.5 Å². The standard InChI is InChI=1S/C53H72BN3S/c1-52(2)53(30-18-7-19-31-53)43-32-37(36-20-8-3-9-21-36)33-44-50(43)57(52)46-35-41(55(38-22-10-4-11-23-38)39-24-12-5-13-25-39)34-45-49(46)54(44)48-42-28-16-17-29-47(42)58-51(48)56(45)40-26-14-6-15-27-40/h4-6,10,12,14,16,22,28,32,35-37,39-41,44-45,48-51H,3,7-9,11,13,15,17-21,23-27,29-31,33-34H2,1-2H3. The first-order chi connectivity index (χ1) is 28.5. The number of rotatable bonds is 5. The van der Waals surface area contributed by atoms with Gasteiger partial charge in [-0.25, -0.2) is 0 Å². The van der Waals surface area contributed by atoms with Gasteiger partial charge >= 0.3 is 0 Å². The van der Waals surface area contributed by atoms with Crippen LogP contribution in [0, 0.1) is 17.3 Å². The molecule has 4 aliphatic heterocycles. The van der Waals surface area contributed by atoms with E-state index in [9.17, 15) is 0 Å². The lowest BCUT2D eigenvalue weighted by Crippen LogP contribution is -2.69. The Balaban J connectivity index is 1.08. The van der Waals surface area contributed by atoms with Crippen molar-refractivity contribution in [3.8, 4) is 0 Å². The van der Waals surface area contributed by atoms with Gasteiger partial charge in [-0.15, -0.1) is 11.8 Å². The smallest absolute Gasteiger partial charge is 0.169 e. The van der Waals surface area contributed by atoms with Crippen LogP contribution in [0.4, 0.5) is 0 Å². The van der Waals surface area contributed by atoms with E-state index in [2.05, 4.69) is 107 Å². The third-order valence-electron chi connectivity index (χ3n) is 19.2. The fraction of sp³-hybridized carbons (Fsp3) is 0.698. The summed E-state index contributed by atoms with van der Waals surface area (Å²) in [4.78, 5) is 11.4.